The molecule has 5 rings (SSSR count). The highest BCUT2D eigenvalue weighted by Gasteiger charge is 2.44. The SMILES string of the molecule is [2H]C([2H])([2H])Oc1ncc(-c2cc(CN3CC(F)(F)C3)c3c(N)ncnn23)cc1C(=O)N[C@@H]1CN(C(=O)C(C)C)C[C@@H]1F. The van der Waals surface area contributed by atoms with Crippen LogP contribution in [0.3, 0.4) is 0 Å². The van der Waals surface area contributed by atoms with Crippen molar-refractivity contribution in [3.05, 3.63) is 35.8 Å². The quantitative estimate of drug-likeness (QED) is 0.456. The highest BCUT2D eigenvalue weighted by atomic mass is 19.3. The number of likely N-dealkylation sites (tertiary alicyclic amines) is 2. The number of alkyl halides is 3. The minimum Gasteiger partial charge on any atom is -0.480 e. The number of hydrogen-bond acceptors (Lipinski definition) is 8. The van der Waals surface area contributed by atoms with Crippen molar-refractivity contribution in [2.75, 3.05) is 39.0 Å². The molecule has 39 heavy (non-hydrogen) atoms. The molecule has 0 bridgehead atoms. The molecule has 3 N–H and O–H groups in total. The molecule has 2 atom stereocenters. The molecular weight excluding hydrogens is 517 g/mol. The zero-order chi connectivity index (χ0) is 30.6. The van der Waals surface area contributed by atoms with E-state index >= 15 is 0 Å². The number of hydrogen-bond donors (Lipinski definition) is 2. The standard InChI is InChI=1S/C25H29F3N8O3/c1-13(2)24(38)35-8-17(26)18(9-35)33-22(37)16-4-14(6-30-23(16)39-3)19-5-15(7-34-10-25(27,28)11-34)20-21(29)31-12-32-36(19)20/h4-6,12-13,17-18H,7-11H2,1-3H3,(H,33,37)(H2,29,31,32)/t17-,18+/m0/s1/i3D3. The van der Waals surface area contributed by atoms with E-state index in [-0.39, 0.29) is 48.4 Å². The molecule has 208 valence electrons. The van der Waals surface area contributed by atoms with Crippen molar-refractivity contribution in [2.45, 2.75) is 38.5 Å². The summed E-state index contributed by atoms with van der Waals surface area (Å²) in [6.07, 6.45) is 0.910. The largest absolute Gasteiger partial charge is 0.480 e. The number of methoxy groups -OCH3 is 1. The van der Waals surface area contributed by atoms with Crippen LogP contribution < -0.4 is 15.8 Å². The minimum atomic E-state index is -2.95. The summed E-state index contributed by atoms with van der Waals surface area (Å²) in [7, 11) is -2.95. The van der Waals surface area contributed by atoms with E-state index in [4.69, 9.17) is 14.6 Å². The van der Waals surface area contributed by atoms with Gasteiger partial charge in [-0.1, -0.05) is 13.8 Å². The molecule has 2 amide bonds. The predicted molar refractivity (Wildman–Crippen MR) is 135 cm³/mol. The van der Waals surface area contributed by atoms with Crippen LogP contribution in [0, 0.1) is 5.92 Å². The molecule has 0 saturated carbocycles. The van der Waals surface area contributed by atoms with Gasteiger partial charge >= 0.3 is 0 Å². The number of fused-ring (bicyclic) bond motifs is 1. The first-order valence-electron chi connectivity index (χ1n) is 13.8. The topological polar surface area (TPSA) is 131 Å². The van der Waals surface area contributed by atoms with Gasteiger partial charge in [-0.2, -0.15) is 5.10 Å². The second kappa shape index (κ2) is 9.98. The molecule has 0 radical (unpaired) electrons. The van der Waals surface area contributed by atoms with Crippen LogP contribution in [-0.2, 0) is 11.3 Å². The van der Waals surface area contributed by atoms with E-state index in [9.17, 15) is 22.8 Å². The van der Waals surface area contributed by atoms with E-state index in [1.165, 1.54) is 32.9 Å². The van der Waals surface area contributed by atoms with Gasteiger partial charge in [0.25, 0.3) is 11.8 Å². The Hall–Kier alpha value is -3.94. The number of ether oxygens (including phenoxy) is 1. The number of nitrogens with two attached hydrogens (primary N) is 1. The first kappa shape index (κ1) is 23.0. The third-order valence-electron chi connectivity index (χ3n) is 6.82. The highest BCUT2D eigenvalue weighted by Crippen LogP contribution is 2.34. The Morgan fingerprint density at radius 1 is 1.28 bits per heavy atom. The average Bonchev–Trinajstić information content (AvgIpc) is 3.42. The number of rotatable bonds is 7. The van der Waals surface area contributed by atoms with Crippen LogP contribution in [0.1, 0.15) is 33.9 Å². The molecule has 2 saturated heterocycles. The van der Waals surface area contributed by atoms with Crippen molar-refractivity contribution in [3.63, 3.8) is 0 Å². The fourth-order valence-corrected chi connectivity index (χ4v) is 4.96. The van der Waals surface area contributed by atoms with Crippen molar-refractivity contribution in [1.29, 1.82) is 0 Å². The summed E-state index contributed by atoms with van der Waals surface area (Å²) in [5, 5.41) is 6.76. The first-order valence-corrected chi connectivity index (χ1v) is 12.3. The predicted octanol–water partition coefficient (Wildman–Crippen LogP) is 1.77. The van der Waals surface area contributed by atoms with Gasteiger partial charge in [0.05, 0.1) is 42.5 Å². The number of nitrogens with one attached hydrogen (secondary N) is 1. The molecule has 0 aromatic carbocycles. The van der Waals surface area contributed by atoms with Gasteiger partial charge in [-0.25, -0.2) is 27.7 Å². The number of amides is 2. The monoisotopic (exact) mass is 549 g/mol. The number of nitrogen functional groups attached to an aromatic ring is 1. The van der Waals surface area contributed by atoms with Gasteiger partial charge in [0.1, 0.15) is 23.6 Å². The lowest BCUT2D eigenvalue weighted by atomic mass is 10.1. The number of carbonyl (C=O) groups excluding carboxylic acids is 2. The van der Waals surface area contributed by atoms with E-state index in [0.29, 0.717) is 16.8 Å². The molecule has 5 heterocycles. The Bertz CT molecular complexity index is 1530. The number of anilines is 1. The average molecular weight is 550 g/mol. The molecular formula is C25H29F3N8O3. The number of carbonyl (C=O) groups is 2. The normalized spacial score (nSPS) is 22.3. The molecule has 2 fully saturated rings. The molecule has 0 spiro atoms. The number of aromatic nitrogens is 4. The van der Waals surface area contributed by atoms with Crippen molar-refractivity contribution in [2.24, 2.45) is 5.92 Å². The summed E-state index contributed by atoms with van der Waals surface area (Å²) in [5.74, 6) is -4.68. The maximum absolute atomic E-state index is 14.8. The minimum absolute atomic E-state index is 0.0645. The van der Waals surface area contributed by atoms with Crippen LogP contribution in [0.25, 0.3) is 16.8 Å². The fraction of sp³-hybridized carbons (Fsp3) is 0.480. The summed E-state index contributed by atoms with van der Waals surface area (Å²) >= 11 is 0. The van der Waals surface area contributed by atoms with Gasteiger partial charge in [0, 0.05) is 30.8 Å². The summed E-state index contributed by atoms with van der Waals surface area (Å²) in [6.45, 7) is 2.40. The van der Waals surface area contributed by atoms with Crippen LogP contribution in [0.4, 0.5) is 19.0 Å². The van der Waals surface area contributed by atoms with E-state index in [1.54, 1.807) is 19.9 Å². The first-order chi connectivity index (χ1) is 19.6. The van der Waals surface area contributed by atoms with Gasteiger partial charge in [0.15, 0.2) is 5.82 Å². The van der Waals surface area contributed by atoms with E-state index in [2.05, 4.69) is 20.4 Å². The molecule has 11 nitrogen and oxygen atoms in total. The molecule has 3 aromatic heterocycles. The second-order valence-electron chi connectivity index (χ2n) is 10.1. The second-order valence-corrected chi connectivity index (χ2v) is 10.1. The van der Waals surface area contributed by atoms with E-state index in [1.807, 2.05) is 0 Å². The molecule has 3 aromatic rings. The molecule has 0 unspecified atom stereocenters. The Morgan fingerprint density at radius 3 is 2.74 bits per heavy atom. The van der Waals surface area contributed by atoms with Crippen molar-refractivity contribution < 1.29 is 31.6 Å². The van der Waals surface area contributed by atoms with Crippen LogP contribution in [-0.4, -0.2) is 92.5 Å². The maximum Gasteiger partial charge on any atom is 0.272 e. The summed E-state index contributed by atoms with van der Waals surface area (Å²) in [5.41, 5.74) is 7.37. The zero-order valence-electron chi connectivity index (χ0n) is 24.2. The fourth-order valence-electron chi connectivity index (χ4n) is 4.96. The van der Waals surface area contributed by atoms with Crippen LogP contribution in [0.2, 0.25) is 0 Å². The van der Waals surface area contributed by atoms with Crippen molar-refractivity contribution >= 4 is 23.1 Å². The third kappa shape index (κ3) is 5.07. The van der Waals surface area contributed by atoms with Gasteiger partial charge in [-0.15, -0.1) is 0 Å². The molecule has 2 aliphatic rings. The van der Waals surface area contributed by atoms with Crippen molar-refractivity contribution in [1.82, 2.24) is 34.7 Å². The van der Waals surface area contributed by atoms with Crippen molar-refractivity contribution in [3.8, 4) is 17.1 Å². The van der Waals surface area contributed by atoms with Crippen LogP contribution in [0.15, 0.2) is 24.7 Å². The summed E-state index contributed by atoms with van der Waals surface area (Å²) in [6, 6.07) is 1.90. The highest BCUT2D eigenvalue weighted by molar-refractivity contribution is 5.98. The number of nitrogens with zero attached hydrogens (tertiary/aromatic N) is 6. The van der Waals surface area contributed by atoms with Gasteiger partial charge in [0.2, 0.25) is 11.8 Å². The summed E-state index contributed by atoms with van der Waals surface area (Å²) in [4.78, 5) is 36.7. The zero-order valence-corrected chi connectivity index (χ0v) is 21.2. The Kier molecular flexibility index (Phi) is 5.89. The van der Waals surface area contributed by atoms with Gasteiger partial charge in [-0.3, -0.25) is 14.5 Å². The van der Waals surface area contributed by atoms with E-state index in [0.717, 1.165) is 0 Å². The lowest BCUT2D eigenvalue weighted by molar-refractivity contribution is -0.134. The summed E-state index contributed by atoms with van der Waals surface area (Å²) < 4.78 is 70.6. The Balaban J connectivity index is 1.49. The molecule has 14 heteroatoms. The molecule has 2 aliphatic heterocycles. The number of halogens is 3. The maximum atomic E-state index is 14.8. The lowest BCUT2D eigenvalue weighted by Crippen LogP contribution is -2.55. The smallest absolute Gasteiger partial charge is 0.272 e. The molecule has 0 aliphatic carbocycles. The number of pyridine rings is 1. The Morgan fingerprint density at radius 2 is 2.05 bits per heavy atom. The van der Waals surface area contributed by atoms with Crippen LogP contribution >= 0.6 is 0 Å². The van der Waals surface area contributed by atoms with Crippen LogP contribution in [0.5, 0.6) is 5.88 Å². The lowest BCUT2D eigenvalue weighted by Gasteiger charge is -2.38. The Labute approximate surface area is 226 Å². The van der Waals surface area contributed by atoms with Gasteiger partial charge in [-0.05, 0) is 17.7 Å². The van der Waals surface area contributed by atoms with E-state index < -0.39 is 50.1 Å². The third-order valence-corrected chi connectivity index (χ3v) is 6.82. The van der Waals surface area contributed by atoms with Gasteiger partial charge < -0.3 is 20.7 Å².